The predicted octanol–water partition coefficient (Wildman–Crippen LogP) is 4.26. The highest BCUT2D eigenvalue weighted by Gasteiger charge is 2.08. The van der Waals surface area contributed by atoms with Crippen LogP contribution in [-0.2, 0) is 0 Å². The van der Waals surface area contributed by atoms with E-state index in [0.29, 0.717) is 5.13 Å². The summed E-state index contributed by atoms with van der Waals surface area (Å²) in [7, 11) is 0. The third kappa shape index (κ3) is 3.67. The van der Waals surface area contributed by atoms with Gasteiger partial charge in [-0.1, -0.05) is 42.5 Å². The van der Waals surface area contributed by atoms with Crippen molar-refractivity contribution in [3.05, 3.63) is 70.6 Å². The summed E-state index contributed by atoms with van der Waals surface area (Å²) < 4.78 is 0. The second kappa shape index (κ2) is 7.06. The maximum absolute atomic E-state index is 10.8. The summed E-state index contributed by atoms with van der Waals surface area (Å²) >= 11 is 1.54. The van der Waals surface area contributed by atoms with E-state index < -0.39 is 5.97 Å². The Hall–Kier alpha value is -2.99. The van der Waals surface area contributed by atoms with Gasteiger partial charge in [-0.05, 0) is 24.6 Å². The van der Waals surface area contributed by atoms with E-state index in [9.17, 15) is 4.79 Å². The third-order valence-corrected chi connectivity index (χ3v) is 4.25. The van der Waals surface area contributed by atoms with Gasteiger partial charge in [-0.15, -0.1) is 11.3 Å². The van der Waals surface area contributed by atoms with Crippen molar-refractivity contribution in [3.63, 3.8) is 0 Å². The standard InChI is InChI=1S/C18H15N3O2S/c1-12-16(14-5-3-2-4-6-14)20-18(24-12)21-19-11-13-7-9-15(10-8-13)17(22)23/h2-11H,1H3,(H,20,21)(H,22,23)/b19-11+. The van der Waals surface area contributed by atoms with E-state index in [1.165, 1.54) is 11.3 Å². The number of thiazole rings is 1. The van der Waals surface area contributed by atoms with E-state index in [2.05, 4.69) is 15.5 Å². The molecule has 2 aromatic carbocycles. The van der Waals surface area contributed by atoms with Gasteiger partial charge in [0.05, 0.1) is 17.5 Å². The monoisotopic (exact) mass is 337 g/mol. The molecule has 0 amide bonds. The minimum absolute atomic E-state index is 0.253. The quantitative estimate of drug-likeness (QED) is 0.539. The Kier molecular flexibility index (Phi) is 4.67. The maximum atomic E-state index is 10.8. The fourth-order valence-corrected chi connectivity index (χ4v) is 2.97. The molecule has 0 unspecified atom stereocenters. The molecule has 0 fully saturated rings. The molecule has 5 nitrogen and oxygen atoms in total. The van der Waals surface area contributed by atoms with Crippen molar-refractivity contribution in [1.82, 2.24) is 4.98 Å². The van der Waals surface area contributed by atoms with E-state index in [0.717, 1.165) is 21.7 Å². The number of carboxylic acids is 1. The lowest BCUT2D eigenvalue weighted by molar-refractivity contribution is 0.0697. The van der Waals surface area contributed by atoms with E-state index in [1.807, 2.05) is 37.3 Å². The average Bonchev–Trinajstić information content (AvgIpc) is 2.97. The molecule has 24 heavy (non-hydrogen) atoms. The summed E-state index contributed by atoms with van der Waals surface area (Å²) in [5.41, 5.74) is 6.01. The number of aromatic nitrogens is 1. The van der Waals surface area contributed by atoms with Crippen molar-refractivity contribution in [2.24, 2.45) is 5.10 Å². The van der Waals surface area contributed by atoms with Gasteiger partial charge >= 0.3 is 5.97 Å². The number of benzene rings is 2. The summed E-state index contributed by atoms with van der Waals surface area (Å²) in [6.45, 7) is 2.03. The molecule has 0 aliphatic carbocycles. The van der Waals surface area contributed by atoms with E-state index in [-0.39, 0.29) is 5.56 Å². The van der Waals surface area contributed by atoms with Gasteiger partial charge in [0.25, 0.3) is 0 Å². The number of carbonyl (C=O) groups is 1. The molecular weight excluding hydrogens is 322 g/mol. The van der Waals surface area contributed by atoms with Crippen LogP contribution in [0.4, 0.5) is 5.13 Å². The second-order valence-electron chi connectivity index (χ2n) is 5.09. The van der Waals surface area contributed by atoms with E-state index >= 15 is 0 Å². The number of hydrazone groups is 1. The largest absolute Gasteiger partial charge is 0.478 e. The Morgan fingerprint density at radius 2 is 1.88 bits per heavy atom. The highest BCUT2D eigenvalue weighted by atomic mass is 32.1. The van der Waals surface area contributed by atoms with Crippen molar-refractivity contribution in [2.45, 2.75) is 6.92 Å². The summed E-state index contributed by atoms with van der Waals surface area (Å²) in [6, 6.07) is 16.5. The summed E-state index contributed by atoms with van der Waals surface area (Å²) in [4.78, 5) is 16.5. The molecule has 0 aliphatic heterocycles. The first kappa shape index (κ1) is 15.9. The van der Waals surface area contributed by atoms with Gasteiger partial charge in [-0.2, -0.15) is 5.10 Å². The average molecular weight is 337 g/mol. The van der Waals surface area contributed by atoms with Gasteiger partial charge in [-0.25, -0.2) is 9.78 Å². The van der Waals surface area contributed by atoms with Crippen LogP contribution in [0.5, 0.6) is 0 Å². The Labute approximate surface area is 143 Å². The fraction of sp³-hybridized carbons (Fsp3) is 0.0556. The zero-order valence-corrected chi connectivity index (χ0v) is 13.7. The number of hydrogen-bond donors (Lipinski definition) is 2. The van der Waals surface area contributed by atoms with E-state index in [1.54, 1.807) is 30.5 Å². The molecule has 0 saturated carbocycles. The first-order chi connectivity index (χ1) is 11.6. The van der Waals surface area contributed by atoms with Crippen LogP contribution < -0.4 is 5.43 Å². The number of carboxylic acid groups (broad SMARTS) is 1. The highest BCUT2D eigenvalue weighted by molar-refractivity contribution is 7.15. The van der Waals surface area contributed by atoms with Crippen LogP contribution >= 0.6 is 11.3 Å². The van der Waals surface area contributed by atoms with E-state index in [4.69, 9.17) is 5.11 Å². The predicted molar refractivity (Wildman–Crippen MR) is 96.9 cm³/mol. The van der Waals surface area contributed by atoms with Crippen LogP contribution in [0.2, 0.25) is 0 Å². The lowest BCUT2D eigenvalue weighted by Crippen LogP contribution is -1.96. The van der Waals surface area contributed by atoms with Gasteiger partial charge < -0.3 is 5.11 Å². The van der Waals surface area contributed by atoms with Crippen molar-refractivity contribution in [3.8, 4) is 11.3 Å². The number of rotatable bonds is 5. The molecule has 120 valence electrons. The Morgan fingerprint density at radius 3 is 2.54 bits per heavy atom. The number of aryl methyl sites for hydroxylation is 1. The number of hydrogen-bond acceptors (Lipinski definition) is 5. The van der Waals surface area contributed by atoms with Crippen LogP contribution in [0.3, 0.4) is 0 Å². The maximum Gasteiger partial charge on any atom is 0.335 e. The van der Waals surface area contributed by atoms with Crippen LogP contribution in [0.1, 0.15) is 20.8 Å². The molecule has 0 spiro atoms. The molecule has 2 N–H and O–H groups in total. The van der Waals surface area contributed by atoms with Gasteiger partial charge in [-0.3, -0.25) is 5.43 Å². The zero-order chi connectivity index (χ0) is 16.9. The topological polar surface area (TPSA) is 74.6 Å². The first-order valence-electron chi connectivity index (χ1n) is 7.29. The molecule has 3 aromatic rings. The zero-order valence-electron chi connectivity index (χ0n) is 12.9. The molecule has 0 bridgehead atoms. The molecule has 1 aromatic heterocycles. The lowest BCUT2D eigenvalue weighted by atomic mass is 10.1. The summed E-state index contributed by atoms with van der Waals surface area (Å²) in [6.07, 6.45) is 1.63. The first-order valence-corrected chi connectivity index (χ1v) is 8.10. The van der Waals surface area contributed by atoms with Gasteiger partial charge in [0, 0.05) is 10.4 Å². The van der Waals surface area contributed by atoms with Crippen molar-refractivity contribution >= 4 is 28.7 Å². The Bertz CT molecular complexity index is 871. The van der Waals surface area contributed by atoms with Gasteiger partial charge in [0.2, 0.25) is 5.13 Å². The molecule has 1 heterocycles. The molecular formula is C18H15N3O2S. The van der Waals surface area contributed by atoms with Crippen LogP contribution in [0.15, 0.2) is 59.7 Å². The molecule has 0 atom stereocenters. The van der Waals surface area contributed by atoms with Crippen LogP contribution in [0.25, 0.3) is 11.3 Å². The van der Waals surface area contributed by atoms with Crippen LogP contribution in [-0.4, -0.2) is 22.3 Å². The molecule has 0 saturated heterocycles. The normalized spacial score (nSPS) is 10.9. The minimum atomic E-state index is -0.941. The van der Waals surface area contributed by atoms with Crippen molar-refractivity contribution in [1.29, 1.82) is 0 Å². The molecule has 0 radical (unpaired) electrons. The van der Waals surface area contributed by atoms with Gasteiger partial charge in [0.15, 0.2) is 0 Å². The Balaban J connectivity index is 1.70. The van der Waals surface area contributed by atoms with Gasteiger partial charge in [0.1, 0.15) is 0 Å². The SMILES string of the molecule is Cc1sc(N/N=C/c2ccc(C(=O)O)cc2)nc1-c1ccccc1. The van der Waals surface area contributed by atoms with Crippen molar-refractivity contribution in [2.75, 3.05) is 5.43 Å². The third-order valence-electron chi connectivity index (χ3n) is 3.38. The molecule has 3 rings (SSSR count). The van der Waals surface area contributed by atoms with Crippen LogP contribution in [0, 0.1) is 6.92 Å². The lowest BCUT2D eigenvalue weighted by Gasteiger charge is -1.97. The molecule has 6 heteroatoms. The summed E-state index contributed by atoms with van der Waals surface area (Å²) in [5, 5.41) is 13.7. The number of aromatic carboxylic acids is 1. The second-order valence-corrected chi connectivity index (χ2v) is 6.29. The van der Waals surface area contributed by atoms with Crippen molar-refractivity contribution < 1.29 is 9.90 Å². The smallest absolute Gasteiger partial charge is 0.335 e. The minimum Gasteiger partial charge on any atom is -0.478 e. The molecule has 0 aliphatic rings. The number of anilines is 1. The fourth-order valence-electron chi connectivity index (χ4n) is 2.18. The number of nitrogens with zero attached hydrogens (tertiary/aromatic N) is 2. The highest BCUT2D eigenvalue weighted by Crippen LogP contribution is 2.30. The Morgan fingerprint density at radius 1 is 1.17 bits per heavy atom. The number of nitrogens with one attached hydrogen (secondary N) is 1. The summed E-state index contributed by atoms with van der Waals surface area (Å²) in [5.74, 6) is -0.941.